The maximum Gasteiger partial charge on any atom is 0.245 e. The highest BCUT2D eigenvalue weighted by Crippen LogP contribution is 2.34. The molecule has 1 aromatic carbocycles. The maximum absolute atomic E-state index is 13.0. The lowest BCUT2D eigenvalue weighted by atomic mass is 9.88. The van der Waals surface area contributed by atoms with Gasteiger partial charge < -0.3 is 5.11 Å². The highest BCUT2D eigenvalue weighted by atomic mass is 32.2. The fourth-order valence-corrected chi connectivity index (χ4v) is 4.80. The lowest BCUT2D eigenvalue weighted by Crippen LogP contribution is -2.45. The minimum absolute atomic E-state index is 0.0650. The number of aryl methyl sites for hydroxylation is 1. The third kappa shape index (κ3) is 2.77. The summed E-state index contributed by atoms with van der Waals surface area (Å²) in [4.78, 5) is 4.37. The molecule has 0 radical (unpaired) electrons. The van der Waals surface area contributed by atoms with Crippen molar-refractivity contribution in [2.24, 2.45) is 0 Å². The molecule has 2 aromatic heterocycles. The minimum Gasteiger partial charge on any atom is -0.383 e. The van der Waals surface area contributed by atoms with Crippen LogP contribution >= 0.6 is 0 Å². The van der Waals surface area contributed by atoms with Gasteiger partial charge in [-0.05, 0) is 53.8 Å². The van der Waals surface area contributed by atoms with Crippen LogP contribution in [0.2, 0.25) is 0 Å². The van der Waals surface area contributed by atoms with E-state index in [4.69, 9.17) is 0 Å². The number of pyridine rings is 1. The predicted molar refractivity (Wildman–Crippen MR) is 92.7 cm³/mol. The molecular formula is C17H18N4O4S. The van der Waals surface area contributed by atoms with Crippen LogP contribution in [0, 0.1) is 6.92 Å². The Morgan fingerprint density at radius 3 is 2.62 bits per heavy atom. The van der Waals surface area contributed by atoms with Crippen molar-refractivity contribution < 1.29 is 18.2 Å². The maximum atomic E-state index is 13.0. The smallest absolute Gasteiger partial charge is 0.245 e. The SMILES string of the molecule is Cc1ccc(C2(O)CCN(S(=O)(=O)c3cccc4nonc34)CC2)nc1. The summed E-state index contributed by atoms with van der Waals surface area (Å²) in [6, 6.07) is 8.42. The molecule has 1 fully saturated rings. The van der Waals surface area contributed by atoms with Gasteiger partial charge in [-0.3, -0.25) is 4.98 Å². The predicted octanol–water partition coefficient (Wildman–Crippen LogP) is 1.60. The second kappa shape index (κ2) is 6.11. The van der Waals surface area contributed by atoms with Crippen molar-refractivity contribution >= 4 is 21.1 Å². The number of aliphatic hydroxyl groups is 1. The molecular weight excluding hydrogens is 356 g/mol. The molecule has 0 unspecified atom stereocenters. The van der Waals surface area contributed by atoms with Crippen LogP contribution in [-0.4, -0.2) is 46.2 Å². The molecule has 1 aliphatic rings. The molecule has 1 N–H and O–H groups in total. The van der Waals surface area contributed by atoms with E-state index in [0.29, 0.717) is 11.2 Å². The van der Waals surface area contributed by atoms with Crippen molar-refractivity contribution in [3.63, 3.8) is 0 Å². The van der Waals surface area contributed by atoms with Crippen LogP contribution in [-0.2, 0) is 15.6 Å². The number of rotatable bonds is 3. The van der Waals surface area contributed by atoms with E-state index in [1.54, 1.807) is 24.4 Å². The van der Waals surface area contributed by atoms with Crippen molar-refractivity contribution in [2.75, 3.05) is 13.1 Å². The number of hydrogen-bond donors (Lipinski definition) is 1. The van der Waals surface area contributed by atoms with E-state index in [1.165, 1.54) is 10.4 Å². The van der Waals surface area contributed by atoms with Gasteiger partial charge in [-0.1, -0.05) is 12.1 Å². The molecule has 0 spiro atoms. The summed E-state index contributed by atoms with van der Waals surface area (Å²) in [6.07, 6.45) is 2.25. The number of nitrogens with zero attached hydrogens (tertiary/aromatic N) is 4. The molecule has 4 rings (SSSR count). The second-order valence-corrected chi connectivity index (χ2v) is 8.45. The summed E-state index contributed by atoms with van der Waals surface area (Å²) < 4.78 is 32.0. The molecule has 9 heteroatoms. The van der Waals surface area contributed by atoms with Crippen molar-refractivity contribution in [2.45, 2.75) is 30.3 Å². The average Bonchev–Trinajstić information content (AvgIpc) is 3.11. The molecule has 0 saturated carbocycles. The first-order chi connectivity index (χ1) is 12.4. The van der Waals surface area contributed by atoms with Crippen LogP contribution < -0.4 is 0 Å². The molecule has 0 amide bonds. The van der Waals surface area contributed by atoms with Gasteiger partial charge in [-0.2, -0.15) is 4.31 Å². The van der Waals surface area contributed by atoms with Crippen LogP contribution in [0.25, 0.3) is 11.0 Å². The molecule has 8 nitrogen and oxygen atoms in total. The zero-order chi connectivity index (χ0) is 18.4. The summed E-state index contributed by atoms with van der Waals surface area (Å²) in [6.45, 7) is 2.31. The van der Waals surface area contributed by atoms with Crippen LogP contribution in [0.1, 0.15) is 24.1 Å². The fourth-order valence-electron chi connectivity index (χ4n) is 3.22. The van der Waals surface area contributed by atoms with Crippen molar-refractivity contribution in [3.8, 4) is 0 Å². The Balaban J connectivity index is 1.59. The Bertz CT molecular complexity index is 1040. The molecule has 0 aliphatic carbocycles. The molecule has 0 atom stereocenters. The minimum atomic E-state index is -3.76. The van der Waals surface area contributed by atoms with E-state index >= 15 is 0 Å². The standard InChI is InChI=1S/C17H18N4O4S/c1-12-5-6-15(18-11-12)17(22)7-9-21(10-8-17)26(23,24)14-4-2-3-13-16(14)20-25-19-13/h2-6,11,22H,7-10H2,1H3. The summed E-state index contributed by atoms with van der Waals surface area (Å²) in [5, 5.41) is 18.3. The number of aromatic nitrogens is 3. The molecule has 3 aromatic rings. The van der Waals surface area contributed by atoms with Gasteiger partial charge in [0, 0.05) is 19.3 Å². The number of piperidine rings is 1. The van der Waals surface area contributed by atoms with Crippen molar-refractivity contribution in [1.82, 2.24) is 19.6 Å². The van der Waals surface area contributed by atoms with Gasteiger partial charge >= 0.3 is 0 Å². The van der Waals surface area contributed by atoms with E-state index in [1.807, 2.05) is 13.0 Å². The normalized spacial score (nSPS) is 18.2. The van der Waals surface area contributed by atoms with E-state index < -0.39 is 15.6 Å². The molecule has 1 saturated heterocycles. The molecule has 0 bridgehead atoms. The Labute approximate surface area is 150 Å². The molecule has 136 valence electrons. The van der Waals surface area contributed by atoms with Gasteiger partial charge in [0.05, 0.1) is 5.69 Å². The van der Waals surface area contributed by atoms with Crippen molar-refractivity contribution in [3.05, 3.63) is 47.8 Å². The Kier molecular flexibility index (Phi) is 4.02. The number of benzene rings is 1. The fraction of sp³-hybridized carbons (Fsp3) is 0.353. The van der Waals surface area contributed by atoms with E-state index in [0.717, 1.165) is 5.56 Å². The van der Waals surface area contributed by atoms with Crippen LogP contribution in [0.5, 0.6) is 0 Å². The molecule has 3 heterocycles. The van der Waals surface area contributed by atoms with E-state index in [9.17, 15) is 13.5 Å². The van der Waals surface area contributed by atoms with Crippen LogP contribution in [0.4, 0.5) is 0 Å². The first-order valence-corrected chi connectivity index (χ1v) is 9.71. The van der Waals surface area contributed by atoms with E-state index in [-0.39, 0.29) is 36.3 Å². The Hall–Kier alpha value is -2.36. The van der Waals surface area contributed by atoms with Gasteiger partial charge in [-0.15, -0.1) is 0 Å². The third-order valence-electron chi connectivity index (χ3n) is 4.80. The van der Waals surface area contributed by atoms with Gasteiger partial charge in [0.25, 0.3) is 0 Å². The molecule has 26 heavy (non-hydrogen) atoms. The Morgan fingerprint density at radius 1 is 1.15 bits per heavy atom. The second-order valence-electron chi connectivity index (χ2n) is 6.54. The van der Waals surface area contributed by atoms with Gasteiger partial charge in [0.2, 0.25) is 10.0 Å². The zero-order valence-electron chi connectivity index (χ0n) is 14.2. The highest BCUT2D eigenvalue weighted by Gasteiger charge is 2.39. The zero-order valence-corrected chi connectivity index (χ0v) is 15.0. The van der Waals surface area contributed by atoms with Crippen molar-refractivity contribution in [1.29, 1.82) is 0 Å². The average molecular weight is 374 g/mol. The number of fused-ring (bicyclic) bond motifs is 1. The third-order valence-corrected chi connectivity index (χ3v) is 6.73. The highest BCUT2D eigenvalue weighted by molar-refractivity contribution is 7.89. The summed E-state index contributed by atoms with van der Waals surface area (Å²) in [5.74, 6) is 0. The monoisotopic (exact) mass is 374 g/mol. The number of sulfonamides is 1. The summed E-state index contributed by atoms with van der Waals surface area (Å²) >= 11 is 0. The summed E-state index contributed by atoms with van der Waals surface area (Å²) in [5.41, 5.74) is 1.06. The first kappa shape index (κ1) is 17.1. The van der Waals surface area contributed by atoms with E-state index in [2.05, 4.69) is 19.9 Å². The molecule has 1 aliphatic heterocycles. The number of hydrogen-bond acceptors (Lipinski definition) is 7. The quantitative estimate of drug-likeness (QED) is 0.741. The summed E-state index contributed by atoms with van der Waals surface area (Å²) in [7, 11) is -3.76. The van der Waals surface area contributed by atoms with Gasteiger partial charge in [-0.25, -0.2) is 13.0 Å². The largest absolute Gasteiger partial charge is 0.383 e. The van der Waals surface area contributed by atoms with Crippen LogP contribution in [0.3, 0.4) is 0 Å². The lowest BCUT2D eigenvalue weighted by Gasteiger charge is -2.37. The van der Waals surface area contributed by atoms with Crippen LogP contribution in [0.15, 0.2) is 46.1 Å². The lowest BCUT2D eigenvalue weighted by molar-refractivity contribution is -0.0134. The topological polar surface area (TPSA) is 109 Å². The Morgan fingerprint density at radius 2 is 1.92 bits per heavy atom. The first-order valence-electron chi connectivity index (χ1n) is 8.27. The van der Waals surface area contributed by atoms with Gasteiger partial charge in [0.15, 0.2) is 5.52 Å². The van der Waals surface area contributed by atoms with Gasteiger partial charge in [0.1, 0.15) is 16.0 Å².